The monoisotopic (exact) mass is 204 g/mol. The van der Waals surface area contributed by atoms with Crippen LogP contribution in [0.1, 0.15) is 28.4 Å². The van der Waals surface area contributed by atoms with Gasteiger partial charge >= 0.3 is 5.97 Å². The predicted octanol–water partition coefficient (Wildman–Crippen LogP) is 2.48. The van der Waals surface area contributed by atoms with Crippen molar-refractivity contribution in [3.8, 4) is 5.75 Å². The van der Waals surface area contributed by atoms with Gasteiger partial charge in [0.05, 0.1) is 12.7 Å². The predicted molar refractivity (Wildman–Crippen MR) is 56.0 cm³/mol. The molecule has 3 nitrogen and oxygen atoms in total. The van der Waals surface area contributed by atoms with Crippen LogP contribution in [-0.4, -0.2) is 13.1 Å². The molecule has 0 radical (unpaired) electrons. The largest absolute Gasteiger partial charge is 0.496 e. The van der Waals surface area contributed by atoms with Crippen LogP contribution in [0, 0.1) is 0 Å². The molecule has 0 aliphatic carbocycles. The summed E-state index contributed by atoms with van der Waals surface area (Å²) in [6.07, 6.45) is 2.10. The molecule has 0 N–H and O–H groups in total. The van der Waals surface area contributed by atoms with E-state index in [2.05, 4.69) is 6.58 Å². The lowest BCUT2D eigenvalue weighted by atomic mass is 10.0. The lowest BCUT2D eigenvalue weighted by Gasteiger charge is -2.10. The molecule has 78 valence electrons. The molecule has 15 heavy (non-hydrogen) atoms. The van der Waals surface area contributed by atoms with E-state index < -0.39 is 0 Å². The summed E-state index contributed by atoms with van der Waals surface area (Å²) in [5.74, 6) is 0.418. The van der Waals surface area contributed by atoms with Crippen molar-refractivity contribution in [1.29, 1.82) is 0 Å². The number of fused-ring (bicyclic) bond motifs is 1. The Balaban J connectivity index is 2.50. The van der Waals surface area contributed by atoms with Crippen molar-refractivity contribution < 1.29 is 14.3 Å². The van der Waals surface area contributed by atoms with Gasteiger partial charge in [-0.2, -0.15) is 0 Å². The second-order valence-electron chi connectivity index (χ2n) is 3.34. The van der Waals surface area contributed by atoms with Crippen molar-refractivity contribution in [2.45, 2.75) is 12.5 Å². The van der Waals surface area contributed by atoms with Crippen LogP contribution in [0.3, 0.4) is 0 Å². The molecule has 3 heteroatoms. The van der Waals surface area contributed by atoms with E-state index in [4.69, 9.17) is 9.47 Å². The molecular formula is C12H12O3. The lowest BCUT2D eigenvalue weighted by molar-refractivity contribution is 0.0390. The second kappa shape index (κ2) is 3.77. The third kappa shape index (κ3) is 1.50. The first kappa shape index (κ1) is 9.77. The summed E-state index contributed by atoms with van der Waals surface area (Å²) in [7, 11) is 1.59. The van der Waals surface area contributed by atoms with Gasteiger partial charge in [-0.3, -0.25) is 0 Å². The van der Waals surface area contributed by atoms with Gasteiger partial charge in [-0.25, -0.2) is 4.79 Å². The summed E-state index contributed by atoms with van der Waals surface area (Å²) in [4.78, 5) is 11.5. The number of hydrogen-bond acceptors (Lipinski definition) is 3. The highest BCUT2D eigenvalue weighted by molar-refractivity contribution is 5.95. The minimum atomic E-state index is -0.282. The van der Waals surface area contributed by atoms with Crippen LogP contribution in [-0.2, 0) is 4.74 Å². The molecule has 1 unspecified atom stereocenters. The van der Waals surface area contributed by atoms with Crippen molar-refractivity contribution in [1.82, 2.24) is 0 Å². The standard InChI is InChI=1S/C12H12O3/c1-3-5-10-11-8(12(13)15-10)6-4-7-9(11)14-2/h3-4,6-7,10H,1,5H2,2H3. The van der Waals surface area contributed by atoms with Crippen molar-refractivity contribution in [2.24, 2.45) is 0 Å². The number of carbonyl (C=O) groups excluding carboxylic acids is 1. The third-order valence-corrected chi connectivity index (χ3v) is 2.46. The van der Waals surface area contributed by atoms with Crippen LogP contribution >= 0.6 is 0 Å². The van der Waals surface area contributed by atoms with Crippen LogP contribution < -0.4 is 4.74 Å². The number of hydrogen-bond donors (Lipinski definition) is 0. The molecule has 0 amide bonds. The van der Waals surface area contributed by atoms with Gasteiger partial charge in [0.1, 0.15) is 11.9 Å². The molecule has 1 aromatic carbocycles. The van der Waals surface area contributed by atoms with Gasteiger partial charge in [0.25, 0.3) is 0 Å². The number of benzene rings is 1. The highest BCUT2D eigenvalue weighted by Crippen LogP contribution is 2.39. The molecule has 0 spiro atoms. The Morgan fingerprint density at radius 2 is 2.40 bits per heavy atom. The van der Waals surface area contributed by atoms with E-state index >= 15 is 0 Å². The minimum absolute atomic E-state index is 0.249. The van der Waals surface area contributed by atoms with Crippen molar-refractivity contribution in [3.05, 3.63) is 42.0 Å². The van der Waals surface area contributed by atoms with Gasteiger partial charge in [0.2, 0.25) is 0 Å². The van der Waals surface area contributed by atoms with E-state index in [-0.39, 0.29) is 12.1 Å². The molecule has 0 fully saturated rings. The zero-order valence-corrected chi connectivity index (χ0v) is 8.53. The Morgan fingerprint density at radius 1 is 1.60 bits per heavy atom. The Labute approximate surface area is 88.3 Å². The molecule has 1 aliphatic rings. The molecule has 1 atom stereocenters. The topological polar surface area (TPSA) is 35.5 Å². The Hall–Kier alpha value is -1.77. The van der Waals surface area contributed by atoms with Crippen molar-refractivity contribution >= 4 is 5.97 Å². The normalized spacial score (nSPS) is 18.2. The molecular weight excluding hydrogens is 192 g/mol. The van der Waals surface area contributed by atoms with Gasteiger partial charge < -0.3 is 9.47 Å². The van der Waals surface area contributed by atoms with Crippen LogP contribution in [0.2, 0.25) is 0 Å². The molecule has 0 bridgehead atoms. The lowest BCUT2D eigenvalue weighted by Crippen LogP contribution is -1.98. The fourth-order valence-electron chi connectivity index (χ4n) is 1.80. The number of methoxy groups -OCH3 is 1. The van der Waals surface area contributed by atoms with Gasteiger partial charge in [-0.1, -0.05) is 12.1 Å². The highest BCUT2D eigenvalue weighted by atomic mass is 16.6. The third-order valence-electron chi connectivity index (χ3n) is 2.46. The summed E-state index contributed by atoms with van der Waals surface area (Å²) in [5, 5.41) is 0. The second-order valence-corrected chi connectivity index (χ2v) is 3.34. The van der Waals surface area contributed by atoms with E-state index in [1.54, 1.807) is 25.3 Å². The maximum absolute atomic E-state index is 11.5. The van der Waals surface area contributed by atoms with Crippen LogP contribution in [0.4, 0.5) is 0 Å². The fraction of sp³-hybridized carbons (Fsp3) is 0.250. The quantitative estimate of drug-likeness (QED) is 0.560. The summed E-state index contributed by atoms with van der Waals surface area (Å²) in [6.45, 7) is 3.65. The summed E-state index contributed by atoms with van der Waals surface area (Å²) >= 11 is 0. The molecule has 1 heterocycles. The van der Waals surface area contributed by atoms with Crippen LogP contribution in [0.25, 0.3) is 0 Å². The molecule has 0 saturated heterocycles. The van der Waals surface area contributed by atoms with E-state index in [0.717, 1.165) is 5.56 Å². The number of esters is 1. The average Bonchev–Trinajstić information content (AvgIpc) is 2.57. The maximum atomic E-state index is 11.5. The first-order chi connectivity index (χ1) is 7.27. The number of rotatable bonds is 3. The minimum Gasteiger partial charge on any atom is -0.496 e. The number of carbonyl (C=O) groups is 1. The van der Waals surface area contributed by atoms with E-state index in [9.17, 15) is 4.79 Å². The van der Waals surface area contributed by atoms with Gasteiger partial charge in [-0.05, 0) is 12.1 Å². The molecule has 0 aromatic heterocycles. The average molecular weight is 204 g/mol. The fourth-order valence-corrected chi connectivity index (χ4v) is 1.80. The SMILES string of the molecule is C=CCC1OC(=O)c2cccc(OC)c21. The van der Waals surface area contributed by atoms with Crippen LogP contribution in [0.15, 0.2) is 30.9 Å². The molecule has 2 rings (SSSR count). The summed E-state index contributed by atoms with van der Waals surface area (Å²) in [6, 6.07) is 5.37. The van der Waals surface area contributed by atoms with Crippen LogP contribution in [0.5, 0.6) is 5.75 Å². The molecule has 1 aliphatic heterocycles. The van der Waals surface area contributed by atoms with E-state index in [0.29, 0.717) is 17.7 Å². The Kier molecular flexibility index (Phi) is 2.46. The highest BCUT2D eigenvalue weighted by Gasteiger charge is 2.32. The first-order valence-corrected chi connectivity index (χ1v) is 4.76. The Bertz CT molecular complexity index is 409. The maximum Gasteiger partial charge on any atom is 0.339 e. The zero-order chi connectivity index (χ0) is 10.8. The van der Waals surface area contributed by atoms with Crippen molar-refractivity contribution in [3.63, 3.8) is 0 Å². The molecule has 1 aromatic rings. The van der Waals surface area contributed by atoms with Gasteiger partial charge in [-0.15, -0.1) is 6.58 Å². The van der Waals surface area contributed by atoms with E-state index in [1.165, 1.54) is 0 Å². The smallest absolute Gasteiger partial charge is 0.339 e. The van der Waals surface area contributed by atoms with Gasteiger partial charge in [0, 0.05) is 12.0 Å². The zero-order valence-electron chi connectivity index (χ0n) is 8.53. The summed E-state index contributed by atoms with van der Waals surface area (Å²) in [5.41, 5.74) is 1.44. The first-order valence-electron chi connectivity index (χ1n) is 4.76. The summed E-state index contributed by atoms with van der Waals surface area (Å²) < 4.78 is 10.4. The number of ether oxygens (including phenoxy) is 2. The van der Waals surface area contributed by atoms with Crippen molar-refractivity contribution in [2.75, 3.05) is 7.11 Å². The number of cyclic esters (lactones) is 1. The van der Waals surface area contributed by atoms with E-state index in [1.807, 2.05) is 6.07 Å². The molecule has 0 saturated carbocycles. The Morgan fingerprint density at radius 3 is 3.07 bits per heavy atom. The van der Waals surface area contributed by atoms with Gasteiger partial charge in [0.15, 0.2) is 0 Å².